The number of hydrogen-bond acceptors (Lipinski definition) is 5. The number of aryl methyl sites for hydroxylation is 1. The van der Waals surface area contributed by atoms with Gasteiger partial charge in [0.15, 0.2) is 11.5 Å². The van der Waals surface area contributed by atoms with Gasteiger partial charge < -0.3 is 9.47 Å². The molecule has 2 rings (SSSR count). The fourth-order valence-corrected chi connectivity index (χ4v) is 2.84. The SMILES string of the molecule is COc1cc(F)c(S(=O)(=O)Nc2[nH]ncc2C)cc1OC. The van der Waals surface area contributed by atoms with Crippen LogP contribution in [0.25, 0.3) is 0 Å². The Morgan fingerprint density at radius 1 is 1.24 bits per heavy atom. The zero-order chi connectivity index (χ0) is 15.6. The minimum atomic E-state index is -4.13. The van der Waals surface area contributed by atoms with Crippen LogP contribution in [0.4, 0.5) is 10.2 Å². The van der Waals surface area contributed by atoms with Crippen LogP contribution in [-0.4, -0.2) is 32.8 Å². The number of sulfonamides is 1. The largest absolute Gasteiger partial charge is 0.493 e. The second-order valence-electron chi connectivity index (χ2n) is 4.17. The Morgan fingerprint density at radius 2 is 1.86 bits per heavy atom. The maximum atomic E-state index is 14.0. The molecule has 9 heteroatoms. The molecule has 2 N–H and O–H groups in total. The summed E-state index contributed by atoms with van der Waals surface area (Å²) in [6.07, 6.45) is 1.45. The maximum Gasteiger partial charge on any atom is 0.266 e. The Balaban J connectivity index is 2.47. The van der Waals surface area contributed by atoms with Crippen molar-refractivity contribution in [2.45, 2.75) is 11.8 Å². The van der Waals surface area contributed by atoms with Crippen LogP contribution in [0, 0.1) is 12.7 Å². The van der Waals surface area contributed by atoms with E-state index in [1.165, 1.54) is 20.4 Å². The molecule has 114 valence electrons. The molecule has 0 bridgehead atoms. The molecule has 21 heavy (non-hydrogen) atoms. The van der Waals surface area contributed by atoms with Gasteiger partial charge in [-0.3, -0.25) is 9.82 Å². The van der Waals surface area contributed by atoms with Gasteiger partial charge in [0.2, 0.25) is 0 Å². The molecule has 0 aliphatic heterocycles. The van der Waals surface area contributed by atoms with Crippen molar-refractivity contribution < 1.29 is 22.3 Å². The van der Waals surface area contributed by atoms with E-state index in [-0.39, 0.29) is 17.3 Å². The number of benzene rings is 1. The van der Waals surface area contributed by atoms with Gasteiger partial charge in [0.05, 0.1) is 20.4 Å². The monoisotopic (exact) mass is 315 g/mol. The van der Waals surface area contributed by atoms with Crippen molar-refractivity contribution >= 4 is 15.8 Å². The van der Waals surface area contributed by atoms with Crippen molar-refractivity contribution in [2.75, 3.05) is 18.9 Å². The van der Waals surface area contributed by atoms with E-state index in [9.17, 15) is 12.8 Å². The summed E-state index contributed by atoms with van der Waals surface area (Å²) in [5.41, 5.74) is 0.583. The summed E-state index contributed by atoms with van der Waals surface area (Å²) in [6, 6.07) is 2.01. The first kappa shape index (κ1) is 15.1. The molecule has 2 aromatic rings. The van der Waals surface area contributed by atoms with Crippen molar-refractivity contribution in [3.8, 4) is 11.5 Å². The van der Waals surface area contributed by atoms with Crippen LogP contribution < -0.4 is 14.2 Å². The molecule has 1 aromatic carbocycles. The number of halogens is 1. The lowest BCUT2D eigenvalue weighted by atomic mass is 10.3. The first-order valence-electron chi connectivity index (χ1n) is 5.83. The molecule has 0 amide bonds. The van der Waals surface area contributed by atoms with E-state index in [1.54, 1.807) is 6.92 Å². The fraction of sp³-hybridized carbons (Fsp3) is 0.250. The number of H-pyrrole nitrogens is 1. The van der Waals surface area contributed by atoms with Crippen molar-refractivity contribution in [1.82, 2.24) is 10.2 Å². The van der Waals surface area contributed by atoms with Gasteiger partial charge in [-0.25, -0.2) is 12.8 Å². The van der Waals surface area contributed by atoms with Gasteiger partial charge in [-0.1, -0.05) is 0 Å². The van der Waals surface area contributed by atoms with Gasteiger partial charge >= 0.3 is 0 Å². The lowest BCUT2D eigenvalue weighted by molar-refractivity contribution is 0.350. The van der Waals surface area contributed by atoms with E-state index in [2.05, 4.69) is 14.9 Å². The van der Waals surface area contributed by atoms with E-state index in [1.807, 2.05) is 0 Å². The number of methoxy groups -OCH3 is 2. The summed E-state index contributed by atoms with van der Waals surface area (Å²) in [5.74, 6) is -0.561. The van der Waals surface area contributed by atoms with Crippen LogP contribution in [0.15, 0.2) is 23.2 Å². The number of hydrogen-bond donors (Lipinski definition) is 2. The average molecular weight is 315 g/mol. The summed E-state index contributed by atoms with van der Waals surface area (Å²) in [5, 5.41) is 6.18. The Hall–Kier alpha value is -2.29. The molecular formula is C12H14FN3O4S. The van der Waals surface area contributed by atoms with E-state index >= 15 is 0 Å². The van der Waals surface area contributed by atoms with Crippen LogP contribution in [0.5, 0.6) is 11.5 Å². The molecule has 1 aromatic heterocycles. The smallest absolute Gasteiger partial charge is 0.266 e. The lowest BCUT2D eigenvalue weighted by Gasteiger charge is -2.12. The normalized spacial score (nSPS) is 11.2. The van der Waals surface area contributed by atoms with Crippen molar-refractivity contribution in [3.05, 3.63) is 29.7 Å². The molecule has 0 unspecified atom stereocenters. The Kier molecular flexibility index (Phi) is 4.03. The highest BCUT2D eigenvalue weighted by Crippen LogP contribution is 2.32. The minimum Gasteiger partial charge on any atom is -0.493 e. The zero-order valence-electron chi connectivity index (χ0n) is 11.6. The molecule has 0 atom stereocenters. The summed E-state index contributed by atoms with van der Waals surface area (Å²) >= 11 is 0. The molecule has 0 fully saturated rings. The molecule has 0 spiro atoms. The number of aromatic amines is 1. The molecule has 0 saturated carbocycles. The van der Waals surface area contributed by atoms with Crippen LogP contribution in [0.2, 0.25) is 0 Å². The third kappa shape index (κ3) is 2.92. The second kappa shape index (κ2) is 5.60. The average Bonchev–Trinajstić information content (AvgIpc) is 2.82. The standard InChI is InChI=1S/C12H14FN3O4S/c1-7-6-14-15-12(7)16-21(17,18)11-5-10(20-3)9(19-2)4-8(11)13/h4-6H,1-3H3,(H2,14,15,16). The summed E-state index contributed by atoms with van der Waals surface area (Å²) in [7, 11) is -1.46. The first-order chi connectivity index (χ1) is 9.89. The Labute approximate surface area is 121 Å². The molecule has 1 heterocycles. The highest BCUT2D eigenvalue weighted by Gasteiger charge is 2.23. The van der Waals surface area contributed by atoms with Crippen molar-refractivity contribution in [1.29, 1.82) is 0 Å². The summed E-state index contributed by atoms with van der Waals surface area (Å²) < 4.78 is 50.6. The molecule has 0 aliphatic carbocycles. The van der Waals surface area contributed by atoms with Crippen LogP contribution in [-0.2, 0) is 10.0 Å². The number of aromatic nitrogens is 2. The van der Waals surface area contributed by atoms with E-state index < -0.39 is 20.7 Å². The molecule has 7 nitrogen and oxygen atoms in total. The van der Waals surface area contributed by atoms with Gasteiger partial charge in [-0.05, 0) is 6.92 Å². The van der Waals surface area contributed by atoms with Crippen molar-refractivity contribution in [2.24, 2.45) is 0 Å². The van der Waals surface area contributed by atoms with E-state index in [4.69, 9.17) is 9.47 Å². The second-order valence-corrected chi connectivity index (χ2v) is 5.82. The summed E-state index contributed by atoms with van der Waals surface area (Å²) in [4.78, 5) is -0.547. The van der Waals surface area contributed by atoms with E-state index in [0.717, 1.165) is 12.1 Å². The van der Waals surface area contributed by atoms with Gasteiger partial charge in [0, 0.05) is 17.7 Å². The number of nitrogens with zero attached hydrogens (tertiary/aromatic N) is 1. The zero-order valence-corrected chi connectivity index (χ0v) is 12.4. The predicted molar refractivity (Wildman–Crippen MR) is 73.6 cm³/mol. The van der Waals surface area contributed by atoms with Crippen LogP contribution in [0.1, 0.15) is 5.56 Å². The molecule has 0 aliphatic rings. The Bertz CT molecular complexity index is 758. The van der Waals surface area contributed by atoms with Gasteiger partial charge in [0.1, 0.15) is 16.5 Å². The van der Waals surface area contributed by atoms with Gasteiger partial charge in [0.25, 0.3) is 10.0 Å². The topological polar surface area (TPSA) is 93.3 Å². The van der Waals surface area contributed by atoms with E-state index in [0.29, 0.717) is 5.56 Å². The number of ether oxygens (including phenoxy) is 2. The van der Waals surface area contributed by atoms with Crippen molar-refractivity contribution in [3.63, 3.8) is 0 Å². The first-order valence-corrected chi connectivity index (χ1v) is 7.31. The number of rotatable bonds is 5. The quantitative estimate of drug-likeness (QED) is 0.875. The summed E-state index contributed by atoms with van der Waals surface area (Å²) in [6.45, 7) is 1.66. The molecule has 0 saturated heterocycles. The Morgan fingerprint density at radius 3 is 2.38 bits per heavy atom. The minimum absolute atomic E-state index is 0.103. The highest BCUT2D eigenvalue weighted by atomic mass is 32.2. The van der Waals surface area contributed by atoms with Crippen LogP contribution in [0.3, 0.4) is 0 Å². The predicted octanol–water partition coefficient (Wildman–Crippen LogP) is 1.68. The lowest BCUT2D eigenvalue weighted by Crippen LogP contribution is -2.16. The van der Waals surface area contributed by atoms with Crippen LogP contribution >= 0.6 is 0 Å². The third-order valence-corrected chi connectivity index (χ3v) is 4.16. The third-order valence-electron chi connectivity index (χ3n) is 2.79. The molecular weight excluding hydrogens is 301 g/mol. The number of anilines is 1. The maximum absolute atomic E-state index is 14.0. The highest BCUT2D eigenvalue weighted by molar-refractivity contribution is 7.92. The fourth-order valence-electron chi connectivity index (χ4n) is 1.68. The van der Waals surface area contributed by atoms with Gasteiger partial charge in [-0.2, -0.15) is 5.10 Å². The molecule has 0 radical (unpaired) electrons. The van der Waals surface area contributed by atoms with Gasteiger partial charge in [-0.15, -0.1) is 0 Å². The number of nitrogens with one attached hydrogen (secondary N) is 2.